The van der Waals surface area contributed by atoms with E-state index in [2.05, 4.69) is 20.9 Å². The molecule has 2 heterocycles. The lowest BCUT2D eigenvalue weighted by Gasteiger charge is -2.22. The lowest BCUT2D eigenvalue weighted by atomic mass is 10.1. The molecule has 2 N–H and O–H groups in total. The molecule has 0 aliphatic carbocycles. The van der Waals surface area contributed by atoms with Gasteiger partial charge in [-0.3, -0.25) is 4.79 Å². The van der Waals surface area contributed by atoms with E-state index in [1.165, 1.54) is 0 Å². The van der Waals surface area contributed by atoms with Crippen molar-refractivity contribution in [2.24, 2.45) is 0 Å². The van der Waals surface area contributed by atoms with Gasteiger partial charge in [0.1, 0.15) is 12.4 Å². The highest BCUT2D eigenvalue weighted by Gasteiger charge is 2.19. The second-order valence-electron chi connectivity index (χ2n) is 6.52. The van der Waals surface area contributed by atoms with Gasteiger partial charge in [0.2, 0.25) is 0 Å². The summed E-state index contributed by atoms with van der Waals surface area (Å²) in [5, 5.41) is 14.4. The standard InChI is InChI=1S/C18H25N5O2/c1-13-5-3-4-6-17(13)25-12-14(2)20-18(24)16-11-23(22-21-16)15-7-9-19-10-8-15/h3-6,11,14-15,19H,7-10,12H2,1-2H3,(H,20,24). The normalized spacial score (nSPS) is 16.4. The molecule has 134 valence electrons. The number of piperidine rings is 1. The van der Waals surface area contributed by atoms with Crippen molar-refractivity contribution < 1.29 is 9.53 Å². The van der Waals surface area contributed by atoms with Gasteiger partial charge < -0.3 is 15.4 Å². The number of carbonyl (C=O) groups is 1. The molecule has 1 amide bonds. The largest absolute Gasteiger partial charge is 0.491 e. The average Bonchev–Trinajstić information content (AvgIpc) is 3.12. The van der Waals surface area contributed by atoms with Crippen LogP contribution >= 0.6 is 0 Å². The van der Waals surface area contributed by atoms with Gasteiger partial charge in [0, 0.05) is 0 Å². The Morgan fingerprint density at radius 2 is 2.16 bits per heavy atom. The van der Waals surface area contributed by atoms with Crippen LogP contribution in [-0.4, -0.2) is 46.6 Å². The van der Waals surface area contributed by atoms with Gasteiger partial charge >= 0.3 is 0 Å². The summed E-state index contributed by atoms with van der Waals surface area (Å²) < 4.78 is 7.58. The maximum absolute atomic E-state index is 12.3. The molecule has 1 aromatic carbocycles. The number of nitrogens with zero attached hydrogens (tertiary/aromatic N) is 3. The average molecular weight is 343 g/mol. The minimum atomic E-state index is -0.221. The van der Waals surface area contributed by atoms with E-state index in [4.69, 9.17) is 4.74 Å². The second-order valence-corrected chi connectivity index (χ2v) is 6.52. The molecule has 1 atom stereocenters. The van der Waals surface area contributed by atoms with Crippen LogP contribution < -0.4 is 15.4 Å². The maximum Gasteiger partial charge on any atom is 0.273 e. The maximum atomic E-state index is 12.3. The van der Waals surface area contributed by atoms with Crippen LogP contribution in [0.3, 0.4) is 0 Å². The third-order valence-corrected chi connectivity index (χ3v) is 4.39. The molecule has 7 nitrogen and oxygen atoms in total. The molecule has 2 aromatic rings. The molecule has 1 aliphatic rings. The highest BCUT2D eigenvalue weighted by atomic mass is 16.5. The number of benzene rings is 1. The van der Waals surface area contributed by atoms with E-state index >= 15 is 0 Å². The van der Waals surface area contributed by atoms with E-state index in [1.54, 1.807) is 6.20 Å². The van der Waals surface area contributed by atoms with Gasteiger partial charge in [0.15, 0.2) is 5.69 Å². The first kappa shape index (κ1) is 17.4. The van der Waals surface area contributed by atoms with E-state index in [9.17, 15) is 4.79 Å². The Balaban J connectivity index is 1.51. The molecule has 1 saturated heterocycles. The van der Waals surface area contributed by atoms with Crippen molar-refractivity contribution >= 4 is 5.91 Å². The van der Waals surface area contributed by atoms with Crippen LogP contribution in [0.25, 0.3) is 0 Å². The van der Waals surface area contributed by atoms with Gasteiger partial charge in [-0.05, 0) is 51.4 Å². The van der Waals surface area contributed by atoms with Crippen molar-refractivity contribution in [3.8, 4) is 5.75 Å². The smallest absolute Gasteiger partial charge is 0.273 e. The van der Waals surface area contributed by atoms with Crippen LogP contribution in [0.5, 0.6) is 5.75 Å². The minimum absolute atomic E-state index is 0.129. The number of rotatable bonds is 6. The number of nitrogens with one attached hydrogen (secondary N) is 2. The second kappa shape index (κ2) is 8.11. The number of carbonyl (C=O) groups excluding carboxylic acids is 1. The fourth-order valence-corrected chi connectivity index (χ4v) is 2.90. The van der Waals surface area contributed by atoms with E-state index < -0.39 is 0 Å². The Hall–Kier alpha value is -2.41. The molecular formula is C18H25N5O2. The number of ether oxygens (including phenoxy) is 1. The van der Waals surface area contributed by atoms with Crippen molar-refractivity contribution in [3.05, 3.63) is 41.7 Å². The summed E-state index contributed by atoms with van der Waals surface area (Å²) in [6, 6.07) is 8.02. The number of amides is 1. The number of hydrogen-bond acceptors (Lipinski definition) is 5. The fraction of sp³-hybridized carbons (Fsp3) is 0.500. The van der Waals surface area contributed by atoms with Crippen LogP contribution in [0.1, 0.15) is 41.9 Å². The first-order valence-electron chi connectivity index (χ1n) is 8.75. The Labute approximate surface area is 147 Å². The van der Waals surface area contributed by atoms with E-state index in [1.807, 2.05) is 42.8 Å². The zero-order valence-corrected chi connectivity index (χ0v) is 14.7. The first-order chi connectivity index (χ1) is 12.1. The first-order valence-corrected chi connectivity index (χ1v) is 8.75. The molecule has 25 heavy (non-hydrogen) atoms. The third-order valence-electron chi connectivity index (χ3n) is 4.39. The highest BCUT2D eigenvalue weighted by molar-refractivity contribution is 5.92. The van der Waals surface area contributed by atoms with Crippen LogP contribution in [-0.2, 0) is 0 Å². The van der Waals surface area contributed by atoms with Gasteiger partial charge in [-0.1, -0.05) is 23.4 Å². The van der Waals surface area contributed by atoms with E-state index in [0.717, 1.165) is 37.2 Å². The van der Waals surface area contributed by atoms with Gasteiger partial charge in [-0.25, -0.2) is 4.68 Å². The van der Waals surface area contributed by atoms with Crippen LogP contribution in [0.4, 0.5) is 0 Å². The predicted molar refractivity (Wildman–Crippen MR) is 94.8 cm³/mol. The monoisotopic (exact) mass is 343 g/mol. The number of para-hydroxylation sites is 1. The summed E-state index contributed by atoms with van der Waals surface area (Å²) in [6.07, 6.45) is 3.75. The minimum Gasteiger partial charge on any atom is -0.491 e. The summed E-state index contributed by atoms with van der Waals surface area (Å²) in [7, 11) is 0. The molecule has 1 aliphatic heterocycles. The van der Waals surface area contributed by atoms with E-state index in [-0.39, 0.29) is 11.9 Å². The molecule has 3 rings (SSSR count). The van der Waals surface area contributed by atoms with Gasteiger partial charge in [-0.2, -0.15) is 0 Å². The molecule has 7 heteroatoms. The predicted octanol–water partition coefficient (Wildman–Crippen LogP) is 1.71. The van der Waals surface area contributed by atoms with Crippen molar-refractivity contribution in [3.63, 3.8) is 0 Å². The topological polar surface area (TPSA) is 81.1 Å². The molecular weight excluding hydrogens is 318 g/mol. The van der Waals surface area contributed by atoms with Gasteiger partial charge in [-0.15, -0.1) is 5.10 Å². The van der Waals surface area contributed by atoms with Crippen molar-refractivity contribution in [1.82, 2.24) is 25.6 Å². The SMILES string of the molecule is Cc1ccccc1OCC(C)NC(=O)c1cn(C2CCNCC2)nn1. The molecule has 0 saturated carbocycles. The summed E-state index contributed by atoms with van der Waals surface area (Å²) in [5.41, 5.74) is 1.42. The van der Waals surface area contributed by atoms with Crippen molar-refractivity contribution in [2.75, 3.05) is 19.7 Å². The van der Waals surface area contributed by atoms with Crippen LogP contribution in [0.2, 0.25) is 0 Å². The quantitative estimate of drug-likeness (QED) is 0.834. The number of hydrogen-bond donors (Lipinski definition) is 2. The summed E-state index contributed by atoms with van der Waals surface area (Å²) in [5.74, 6) is 0.613. The molecule has 1 unspecified atom stereocenters. The molecule has 0 bridgehead atoms. The summed E-state index contributed by atoms with van der Waals surface area (Å²) >= 11 is 0. The zero-order chi connectivity index (χ0) is 17.6. The fourth-order valence-electron chi connectivity index (χ4n) is 2.90. The summed E-state index contributed by atoms with van der Waals surface area (Å²) in [6.45, 7) is 6.25. The van der Waals surface area contributed by atoms with Crippen molar-refractivity contribution in [1.29, 1.82) is 0 Å². The molecule has 1 aromatic heterocycles. The van der Waals surface area contributed by atoms with E-state index in [0.29, 0.717) is 18.3 Å². The molecule has 0 spiro atoms. The zero-order valence-electron chi connectivity index (χ0n) is 14.7. The Bertz CT molecular complexity index is 709. The van der Waals surface area contributed by atoms with Crippen LogP contribution in [0, 0.1) is 6.92 Å². The Kier molecular flexibility index (Phi) is 5.65. The van der Waals surface area contributed by atoms with Crippen molar-refractivity contribution in [2.45, 2.75) is 38.8 Å². The lowest BCUT2D eigenvalue weighted by Crippen LogP contribution is -2.37. The Morgan fingerprint density at radius 3 is 2.92 bits per heavy atom. The molecule has 1 fully saturated rings. The van der Waals surface area contributed by atoms with Crippen LogP contribution in [0.15, 0.2) is 30.5 Å². The Morgan fingerprint density at radius 1 is 1.40 bits per heavy atom. The summed E-state index contributed by atoms with van der Waals surface area (Å²) in [4.78, 5) is 12.3. The lowest BCUT2D eigenvalue weighted by molar-refractivity contribution is 0.0921. The number of aryl methyl sites for hydroxylation is 1. The third kappa shape index (κ3) is 4.57. The van der Waals surface area contributed by atoms with Gasteiger partial charge in [0.05, 0.1) is 18.3 Å². The van der Waals surface area contributed by atoms with Gasteiger partial charge in [0.25, 0.3) is 5.91 Å². The highest BCUT2D eigenvalue weighted by Crippen LogP contribution is 2.17. The number of aromatic nitrogens is 3. The molecule has 0 radical (unpaired) electrons.